The molecular formula is C16H22N2O3. The number of aliphatic hydroxyl groups is 1. The number of rotatable bonds is 3. The van der Waals surface area contributed by atoms with Crippen molar-refractivity contribution in [3.63, 3.8) is 0 Å². The summed E-state index contributed by atoms with van der Waals surface area (Å²) in [6, 6.07) is 8.00. The van der Waals surface area contributed by atoms with Crippen molar-refractivity contribution >= 4 is 5.91 Å². The molecule has 0 aromatic heterocycles. The third-order valence-electron chi connectivity index (χ3n) is 4.64. The standard InChI is InChI=1S/C16H22N2O3/c1-11-16(20,6-7-21-11)10-18-15(19)14-9-17-8-12-4-2-3-5-13(12)14/h2-5,11,14,17,20H,6-10H2,1H3,(H,18,19). The summed E-state index contributed by atoms with van der Waals surface area (Å²) in [7, 11) is 0. The van der Waals surface area contributed by atoms with Crippen molar-refractivity contribution in [2.75, 3.05) is 19.7 Å². The first-order chi connectivity index (χ1) is 10.1. The van der Waals surface area contributed by atoms with Crippen molar-refractivity contribution in [2.45, 2.75) is 37.5 Å². The lowest BCUT2D eigenvalue weighted by molar-refractivity contribution is -0.124. The molecule has 1 aromatic carbocycles. The fraction of sp³-hybridized carbons (Fsp3) is 0.562. The van der Waals surface area contributed by atoms with Gasteiger partial charge >= 0.3 is 0 Å². The quantitative estimate of drug-likeness (QED) is 0.759. The maximum absolute atomic E-state index is 12.5. The van der Waals surface area contributed by atoms with Crippen LogP contribution in [-0.2, 0) is 16.1 Å². The summed E-state index contributed by atoms with van der Waals surface area (Å²) in [6.07, 6.45) is 0.322. The summed E-state index contributed by atoms with van der Waals surface area (Å²) in [5, 5.41) is 16.6. The molecule has 3 rings (SSSR count). The molecule has 1 fully saturated rings. The molecule has 0 saturated carbocycles. The molecule has 0 aliphatic carbocycles. The molecule has 0 spiro atoms. The van der Waals surface area contributed by atoms with Crippen LogP contribution in [0.1, 0.15) is 30.4 Å². The highest BCUT2D eigenvalue weighted by Gasteiger charge is 2.40. The number of nitrogens with one attached hydrogen (secondary N) is 2. The van der Waals surface area contributed by atoms with Crippen molar-refractivity contribution < 1.29 is 14.6 Å². The molecule has 3 unspecified atom stereocenters. The van der Waals surface area contributed by atoms with Gasteiger partial charge in [-0.3, -0.25) is 4.79 Å². The fourth-order valence-electron chi connectivity index (χ4n) is 3.10. The minimum absolute atomic E-state index is 0.0397. The summed E-state index contributed by atoms with van der Waals surface area (Å²) in [5.74, 6) is -0.238. The van der Waals surface area contributed by atoms with Gasteiger partial charge in [0, 0.05) is 32.7 Å². The Morgan fingerprint density at radius 2 is 2.33 bits per heavy atom. The zero-order valence-corrected chi connectivity index (χ0v) is 12.3. The monoisotopic (exact) mass is 290 g/mol. The van der Waals surface area contributed by atoms with E-state index < -0.39 is 5.60 Å². The van der Waals surface area contributed by atoms with Crippen LogP contribution < -0.4 is 10.6 Å². The average molecular weight is 290 g/mol. The van der Waals surface area contributed by atoms with Crippen LogP contribution in [0.15, 0.2) is 24.3 Å². The molecule has 1 aromatic rings. The van der Waals surface area contributed by atoms with Gasteiger partial charge in [0.2, 0.25) is 5.91 Å². The summed E-state index contributed by atoms with van der Waals surface area (Å²) in [4.78, 5) is 12.5. The van der Waals surface area contributed by atoms with E-state index in [0.29, 0.717) is 19.6 Å². The van der Waals surface area contributed by atoms with E-state index >= 15 is 0 Å². The normalized spacial score (nSPS) is 31.7. The van der Waals surface area contributed by atoms with Gasteiger partial charge in [-0.1, -0.05) is 24.3 Å². The van der Waals surface area contributed by atoms with E-state index in [4.69, 9.17) is 4.74 Å². The van der Waals surface area contributed by atoms with Crippen molar-refractivity contribution in [1.29, 1.82) is 0 Å². The summed E-state index contributed by atoms with van der Waals surface area (Å²) >= 11 is 0. The summed E-state index contributed by atoms with van der Waals surface area (Å²) < 4.78 is 5.39. The van der Waals surface area contributed by atoms with Gasteiger partial charge in [-0.25, -0.2) is 0 Å². The number of carbonyl (C=O) groups excluding carboxylic acids is 1. The molecule has 2 aliphatic heterocycles. The van der Waals surface area contributed by atoms with Crippen LogP contribution in [0, 0.1) is 0 Å². The predicted molar refractivity (Wildman–Crippen MR) is 78.9 cm³/mol. The number of fused-ring (bicyclic) bond motifs is 1. The van der Waals surface area contributed by atoms with E-state index in [1.165, 1.54) is 5.56 Å². The van der Waals surface area contributed by atoms with Gasteiger partial charge in [0.05, 0.1) is 12.0 Å². The van der Waals surface area contributed by atoms with Crippen LogP contribution in [-0.4, -0.2) is 42.4 Å². The maximum atomic E-state index is 12.5. The van der Waals surface area contributed by atoms with E-state index in [0.717, 1.165) is 12.1 Å². The lowest BCUT2D eigenvalue weighted by Gasteiger charge is -2.29. The van der Waals surface area contributed by atoms with Crippen LogP contribution in [0.25, 0.3) is 0 Å². The number of hydrogen-bond acceptors (Lipinski definition) is 4. The Bertz CT molecular complexity index is 534. The van der Waals surface area contributed by atoms with Crippen molar-refractivity contribution in [3.8, 4) is 0 Å². The van der Waals surface area contributed by atoms with E-state index in [9.17, 15) is 9.90 Å². The molecule has 114 valence electrons. The van der Waals surface area contributed by atoms with Gasteiger partial charge in [-0.15, -0.1) is 0 Å². The number of hydrogen-bond donors (Lipinski definition) is 3. The first kappa shape index (κ1) is 14.5. The molecule has 21 heavy (non-hydrogen) atoms. The number of amides is 1. The molecule has 2 heterocycles. The van der Waals surface area contributed by atoms with Crippen LogP contribution in [0.3, 0.4) is 0 Å². The lowest BCUT2D eigenvalue weighted by Crippen LogP contribution is -2.49. The molecule has 1 saturated heterocycles. The average Bonchev–Trinajstić information content (AvgIpc) is 2.84. The Kier molecular flexibility index (Phi) is 3.97. The van der Waals surface area contributed by atoms with Crippen molar-refractivity contribution in [1.82, 2.24) is 10.6 Å². The molecule has 5 nitrogen and oxygen atoms in total. The smallest absolute Gasteiger partial charge is 0.228 e. The van der Waals surface area contributed by atoms with Gasteiger partial charge in [0.1, 0.15) is 5.60 Å². The first-order valence-corrected chi connectivity index (χ1v) is 7.50. The Balaban J connectivity index is 1.67. The molecule has 2 aliphatic rings. The van der Waals surface area contributed by atoms with Crippen LogP contribution in [0.2, 0.25) is 0 Å². The minimum Gasteiger partial charge on any atom is -0.385 e. The third-order valence-corrected chi connectivity index (χ3v) is 4.64. The molecule has 5 heteroatoms. The summed E-state index contributed by atoms with van der Waals surface area (Å²) in [6.45, 7) is 4.06. The Morgan fingerprint density at radius 1 is 1.52 bits per heavy atom. The molecule has 1 amide bonds. The topological polar surface area (TPSA) is 70.6 Å². The van der Waals surface area contributed by atoms with Crippen LogP contribution in [0.5, 0.6) is 0 Å². The second kappa shape index (κ2) is 5.75. The van der Waals surface area contributed by atoms with Gasteiger partial charge < -0.3 is 20.5 Å². The van der Waals surface area contributed by atoms with Gasteiger partial charge in [-0.05, 0) is 18.1 Å². The van der Waals surface area contributed by atoms with Crippen molar-refractivity contribution in [3.05, 3.63) is 35.4 Å². The molecule has 3 atom stereocenters. The molecule has 0 radical (unpaired) electrons. The predicted octanol–water partition coefficient (Wildman–Crippen LogP) is 0.530. The van der Waals surface area contributed by atoms with Crippen molar-refractivity contribution in [2.24, 2.45) is 0 Å². The lowest BCUT2D eigenvalue weighted by atomic mass is 9.89. The third kappa shape index (κ3) is 2.81. The number of ether oxygens (including phenoxy) is 1. The molecular weight excluding hydrogens is 268 g/mol. The molecule has 3 N–H and O–H groups in total. The second-order valence-corrected chi connectivity index (χ2v) is 5.97. The van der Waals surface area contributed by atoms with E-state index in [2.05, 4.69) is 10.6 Å². The van der Waals surface area contributed by atoms with E-state index in [1.54, 1.807) is 0 Å². The first-order valence-electron chi connectivity index (χ1n) is 7.50. The largest absolute Gasteiger partial charge is 0.385 e. The fourth-order valence-corrected chi connectivity index (χ4v) is 3.10. The minimum atomic E-state index is -0.947. The Labute approximate surface area is 124 Å². The van der Waals surface area contributed by atoms with Gasteiger partial charge in [0.15, 0.2) is 0 Å². The zero-order valence-electron chi connectivity index (χ0n) is 12.3. The van der Waals surface area contributed by atoms with Gasteiger partial charge in [-0.2, -0.15) is 0 Å². The maximum Gasteiger partial charge on any atom is 0.228 e. The molecule has 0 bridgehead atoms. The van der Waals surface area contributed by atoms with Crippen LogP contribution in [0.4, 0.5) is 0 Å². The highest BCUT2D eigenvalue weighted by atomic mass is 16.5. The van der Waals surface area contributed by atoms with Crippen LogP contribution >= 0.6 is 0 Å². The number of carbonyl (C=O) groups is 1. The highest BCUT2D eigenvalue weighted by molar-refractivity contribution is 5.84. The van der Waals surface area contributed by atoms with Gasteiger partial charge in [0.25, 0.3) is 0 Å². The highest BCUT2D eigenvalue weighted by Crippen LogP contribution is 2.26. The number of benzene rings is 1. The zero-order chi connectivity index (χ0) is 14.9. The Morgan fingerprint density at radius 3 is 3.10 bits per heavy atom. The SMILES string of the molecule is CC1OCCC1(O)CNC(=O)C1CNCc2ccccc21. The summed E-state index contributed by atoms with van der Waals surface area (Å²) in [5.41, 5.74) is 1.30. The Hall–Kier alpha value is -1.43. The van der Waals surface area contributed by atoms with E-state index in [1.807, 2.05) is 31.2 Å². The van der Waals surface area contributed by atoms with E-state index in [-0.39, 0.29) is 24.5 Å². The second-order valence-electron chi connectivity index (χ2n) is 5.97.